The van der Waals surface area contributed by atoms with Crippen molar-refractivity contribution in [3.63, 3.8) is 0 Å². The topological polar surface area (TPSA) is 53.4 Å². The Morgan fingerprint density at radius 3 is 2.28 bits per heavy atom. The summed E-state index contributed by atoms with van der Waals surface area (Å²) < 4.78 is 11.7. The van der Waals surface area contributed by atoms with Crippen molar-refractivity contribution in [2.24, 2.45) is 0 Å². The van der Waals surface area contributed by atoms with Crippen molar-refractivity contribution in [2.45, 2.75) is 6.92 Å². The van der Waals surface area contributed by atoms with Crippen LogP contribution in [-0.4, -0.2) is 23.0 Å². The van der Waals surface area contributed by atoms with Crippen LogP contribution in [0, 0.1) is 6.92 Å². The van der Waals surface area contributed by atoms with Crippen LogP contribution in [0.25, 0.3) is 17.8 Å². The number of carbonyl (C=O) groups is 1. The van der Waals surface area contributed by atoms with Gasteiger partial charge in [0, 0.05) is 0 Å². The molecular weight excluding hydrogens is 316 g/mol. The van der Waals surface area contributed by atoms with Crippen molar-refractivity contribution in [2.75, 3.05) is 7.11 Å². The van der Waals surface area contributed by atoms with E-state index >= 15 is 0 Å². The second kappa shape index (κ2) is 7.49. The van der Waals surface area contributed by atoms with Crippen LogP contribution in [0.3, 0.4) is 0 Å². The monoisotopic (exact) mass is 334 g/mol. The summed E-state index contributed by atoms with van der Waals surface area (Å²) in [7, 11) is 1.28. The average molecular weight is 334 g/mol. The maximum absolute atomic E-state index is 11.6. The minimum atomic E-state index is -0.773. The highest BCUT2D eigenvalue weighted by atomic mass is 16.7. The quantitative estimate of drug-likeness (QED) is 0.659. The molecule has 3 rings (SSSR count). The summed E-state index contributed by atoms with van der Waals surface area (Å²) in [6.07, 6.45) is 2.96. The zero-order valence-electron chi connectivity index (χ0n) is 14.0. The van der Waals surface area contributed by atoms with E-state index in [9.17, 15) is 4.79 Å². The molecule has 0 amide bonds. The minimum Gasteiger partial charge on any atom is -0.437 e. The molecule has 0 unspecified atom stereocenters. The van der Waals surface area contributed by atoms with E-state index in [1.54, 1.807) is 4.68 Å². The number of hydrogen-bond acceptors (Lipinski definition) is 4. The highest BCUT2D eigenvalue weighted by Gasteiger charge is 2.18. The molecule has 1 aromatic heterocycles. The van der Waals surface area contributed by atoms with Crippen molar-refractivity contribution in [3.8, 4) is 11.4 Å². The fourth-order valence-electron chi connectivity index (χ4n) is 2.43. The van der Waals surface area contributed by atoms with Gasteiger partial charge in [-0.15, -0.1) is 0 Å². The highest BCUT2D eigenvalue weighted by molar-refractivity contribution is 5.74. The van der Waals surface area contributed by atoms with Crippen LogP contribution in [0.2, 0.25) is 0 Å². The molecule has 1 heterocycles. The number of rotatable bonds is 4. The first kappa shape index (κ1) is 16.5. The molecule has 0 radical (unpaired) electrons. The summed E-state index contributed by atoms with van der Waals surface area (Å²) in [5, 5.41) is 4.58. The van der Waals surface area contributed by atoms with Gasteiger partial charge in [-0.25, -0.2) is 9.48 Å². The Hall–Kier alpha value is -3.34. The van der Waals surface area contributed by atoms with Gasteiger partial charge in [-0.05, 0) is 30.7 Å². The molecule has 5 heteroatoms. The number of benzene rings is 2. The molecule has 3 aromatic rings. The van der Waals surface area contributed by atoms with Crippen LogP contribution in [0.5, 0.6) is 5.75 Å². The summed E-state index contributed by atoms with van der Waals surface area (Å²) in [6, 6.07) is 19.5. The van der Waals surface area contributed by atoms with Crippen molar-refractivity contribution in [1.82, 2.24) is 9.78 Å². The third-order valence-electron chi connectivity index (χ3n) is 3.67. The third kappa shape index (κ3) is 3.77. The van der Waals surface area contributed by atoms with E-state index in [2.05, 4.69) is 9.84 Å². The standard InChI is InChI=1S/C20H18N2O3/c1-15-19(25-20(23)24-2)18(14-13-16-9-5-3-6-10-16)21-22(15)17-11-7-4-8-12-17/h3-14H,1-2H3. The van der Waals surface area contributed by atoms with Gasteiger partial charge in [-0.1, -0.05) is 54.6 Å². The Kier molecular flexibility index (Phi) is 4.95. The smallest absolute Gasteiger partial charge is 0.437 e. The van der Waals surface area contributed by atoms with Crippen molar-refractivity contribution < 1.29 is 14.3 Å². The van der Waals surface area contributed by atoms with Gasteiger partial charge in [0.2, 0.25) is 0 Å². The molecule has 25 heavy (non-hydrogen) atoms. The van der Waals surface area contributed by atoms with Crippen LogP contribution in [0.1, 0.15) is 17.0 Å². The number of para-hydroxylation sites is 1. The van der Waals surface area contributed by atoms with Crippen LogP contribution in [0.4, 0.5) is 4.79 Å². The number of hydrogen-bond donors (Lipinski definition) is 0. The van der Waals surface area contributed by atoms with Crippen molar-refractivity contribution >= 4 is 18.3 Å². The summed E-state index contributed by atoms with van der Waals surface area (Å²) in [6.45, 7) is 1.85. The second-order valence-corrected chi connectivity index (χ2v) is 5.35. The second-order valence-electron chi connectivity index (χ2n) is 5.35. The maximum Gasteiger partial charge on any atom is 0.513 e. The van der Waals surface area contributed by atoms with Gasteiger partial charge in [-0.2, -0.15) is 5.10 Å². The van der Waals surface area contributed by atoms with Gasteiger partial charge < -0.3 is 9.47 Å². The third-order valence-corrected chi connectivity index (χ3v) is 3.67. The van der Waals surface area contributed by atoms with E-state index in [0.29, 0.717) is 17.1 Å². The molecule has 0 atom stereocenters. The van der Waals surface area contributed by atoms with Gasteiger partial charge in [0.05, 0.1) is 18.5 Å². The maximum atomic E-state index is 11.6. The Balaban J connectivity index is 2.03. The normalized spacial score (nSPS) is 10.8. The van der Waals surface area contributed by atoms with E-state index in [4.69, 9.17) is 4.74 Å². The molecule has 0 aliphatic rings. The van der Waals surface area contributed by atoms with E-state index in [1.807, 2.05) is 79.7 Å². The molecule has 0 saturated heterocycles. The highest BCUT2D eigenvalue weighted by Crippen LogP contribution is 2.28. The van der Waals surface area contributed by atoms with Gasteiger partial charge in [0.25, 0.3) is 0 Å². The molecule has 0 N–H and O–H groups in total. The fourth-order valence-corrected chi connectivity index (χ4v) is 2.43. The number of nitrogens with zero attached hydrogens (tertiary/aromatic N) is 2. The summed E-state index contributed by atoms with van der Waals surface area (Å²) in [5.41, 5.74) is 3.17. The van der Waals surface area contributed by atoms with E-state index in [0.717, 1.165) is 11.3 Å². The van der Waals surface area contributed by atoms with Crippen LogP contribution >= 0.6 is 0 Å². The molecule has 0 fully saturated rings. The summed E-state index contributed by atoms with van der Waals surface area (Å²) in [5.74, 6) is 0.378. The van der Waals surface area contributed by atoms with E-state index in [1.165, 1.54) is 7.11 Å². The lowest BCUT2D eigenvalue weighted by molar-refractivity contribution is 0.121. The molecule has 0 saturated carbocycles. The van der Waals surface area contributed by atoms with Gasteiger partial charge >= 0.3 is 6.16 Å². The van der Waals surface area contributed by atoms with Gasteiger partial charge in [-0.3, -0.25) is 0 Å². The summed E-state index contributed by atoms with van der Waals surface area (Å²) >= 11 is 0. The van der Waals surface area contributed by atoms with Crippen molar-refractivity contribution in [3.05, 3.63) is 77.6 Å². The SMILES string of the molecule is COC(=O)Oc1c(C=Cc2ccccc2)nn(-c2ccccc2)c1C. The molecular formula is C20H18N2O3. The number of carbonyl (C=O) groups excluding carboxylic acids is 1. The lowest BCUT2D eigenvalue weighted by atomic mass is 10.2. The van der Waals surface area contributed by atoms with Crippen LogP contribution < -0.4 is 4.74 Å². The molecule has 5 nitrogen and oxygen atoms in total. The predicted molar refractivity (Wildman–Crippen MR) is 96.7 cm³/mol. The number of ether oxygens (including phenoxy) is 2. The predicted octanol–water partition coefficient (Wildman–Crippen LogP) is 4.50. The summed E-state index contributed by atoms with van der Waals surface area (Å²) in [4.78, 5) is 11.6. The Labute approximate surface area is 146 Å². The molecule has 0 bridgehead atoms. The van der Waals surface area contributed by atoms with Gasteiger partial charge in [0.15, 0.2) is 5.75 Å². The molecule has 0 spiro atoms. The molecule has 0 aliphatic heterocycles. The zero-order valence-corrected chi connectivity index (χ0v) is 14.0. The average Bonchev–Trinajstić information content (AvgIpc) is 2.97. The molecule has 2 aromatic carbocycles. The number of aromatic nitrogens is 2. The van der Waals surface area contributed by atoms with Gasteiger partial charge in [0.1, 0.15) is 5.69 Å². The molecule has 126 valence electrons. The molecule has 0 aliphatic carbocycles. The minimum absolute atomic E-state index is 0.378. The Morgan fingerprint density at radius 1 is 1.00 bits per heavy atom. The van der Waals surface area contributed by atoms with E-state index in [-0.39, 0.29) is 0 Å². The van der Waals surface area contributed by atoms with Crippen molar-refractivity contribution in [1.29, 1.82) is 0 Å². The lowest BCUT2D eigenvalue weighted by Gasteiger charge is -2.05. The van der Waals surface area contributed by atoms with E-state index < -0.39 is 6.16 Å². The lowest BCUT2D eigenvalue weighted by Crippen LogP contribution is -2.08. The Bertz CT molecular complexity index is 884. The van der Waals surface area contributed by atoms with Crippen LogP contribution in [0.15, 0.2) is 60.7 Å². The zero-order chi connectivity index (χ0) is 17.6. The first-order valence-electron chi connectivity index (χ1n) is 7.83. The van der Waals surface area contributed by atoms with Crippen LogP contribution in [-0.2, 0) is 4.74 Å². The largest absolute Gasteiger partial charge is 0.513 e. The number of methoxy groups -OCH3 is 1. The first-order chi connectivity index (χ1) is 12.2. The fraction of sp³-hybridized carbons (Fsp3) is 0.100. The Morgan fingerprint density at radius 2 is 1.64 bits per heavy atom. The first-order valence-corrected chi connectivity index (χ1v) is 7.83.